The smallest absolute Gasteiger partial charge is 0.224 e. The van der Waals surface area contributed by atoms with E-state index in [1.807, 2.05) is 12.1 Å². The number of nitrogens with zero attached hydrogens (tertiary/aromatic N) is 1. The molecular weight excluding hydrogens is 252 g/mol. The van der Waals surface area contributed by atoms with Crippen molar-refractivity contribution in [3.05, 3.63) is 48.2 Å². The lowest BCUT2D eigenvalue weighted by atomic mass is 10.0. The van der Waals surface area contributed by atoms with E-state index in [0.29, 0.717) is 6.42 Å². The Morgan fingerprint density at radius 3 is 2.90 bits per heavy atom. The number of amides is 1. The second kappa shape index (κ2) is 4.71. The van der Waals surface area contributed by atoms with Crippen LogP contribution in [0.25, 0.3) is 5.70 Å². The fourth-order valence-electron chi connectivity index (χ4n) is 3.02. The van der Waals surface area contributed by atoms with Gasteiger partial charge in [-0.1, -0.05) is 25.3 Å². The molecule has 20 heavy (non-hydrogen) atoms. The minimum absolute atomic E-state index is 0.0474. The predicted molar refractivity (Wildman–Crippen MR) is 77.9 cm³/mol. The summed E-state index contributed by atoms with van der Waals surface area (Å²) in [5, 5.41) is 2.83. The van der Waals surface area contributed by atoms with Crippen molar-refractivity contribution in [2.24, 2.45) is 0 Å². The van der Waals surface area contributed by atoms with Crippen molar-refractivity contribution in [3.8, 4) is 5.75 Å². The Hall–Kier alpha value is -2.23. The van der Waals surface area contributed by atoms with Crippen molar-refractivity contribution in [2.45, 2.75) is 25.4 Å². The first-order valence-corrected chi connectivity index (χ1v) is 6.72. The summed E-state index contributed by atoms with van der Waals surface area (Å²) in [6.07, 6.45) is 1.31. The number of rotatable bonds is 2. The lowest BCUT2D eigenvalue weighted by Gasteiger charge is -2.34. The SMILES string of the molecule is C=C1NC(=O)CCC1N1Cc2c(OC)cccc2C1=C. The molecule has 4 nitrogen and oxygen atoms in total. The molecule has 2 aliphatic heterocycles. The van der Waals surface area contributed by atoms with E-state index >= 15 is 0 Å². The molecule has 0 saturated carbocycles. The highest BCUT2D eigenvalue weighted by atomic mass is 16.5. The number of hydrogen-bond acceptors (Lipinski definition) is 3. The summed E-state index contributed by atoms with van der Waals surface area (Å²) >= 11 is 0. The fraction of sp³-hybridized carbons (Fsp3) is 0.312. The van der Waals surface area contributed by atoms with Gasteiger partial charge in [0.2, 0.25) is 5.91 Å². The highest BCUT2D eigenvalue weighted by molar-refractivity contribution is 5.80. The van der Waals surface area contributed by atoms with Crippen LogP contribution >= 0.6 is 0 Å². The largest absolute Gasteiger partial charge is 0.496 e. The molecule has 1 atom stereocenters. The van der Waals surface area contributed by atoms with Crippen molar-refractivity contribution in [2.75, 3.05) is 7.11 Å². The summed E-state index contributed by atoms with van der Waals surface area (Å²) in [7, 11) is 1.68. The molecule has 2 heterocycles. The van der Waals surface area contributed by atoms with Gasteiger partial charge < -0.3 is 15.0 Å². The molecule has 0 spiro atoms. The number of hydrogen-bond donors (Lipinski definition) is 1. The van der Waals surface area contributed by atoms with Crippen LogP contribution in [0.4, 0.5) is 0 Å². The molecule has 0 aliphatic carbocycles. The van der Waals surface area contributed by atoms with E-state index in [2.05, 4.69) is 29.4 Å². The second-order valence-electron chi connectivity index (χ2n) is 5.19. The molecule has 0 radical (unpaired) electrons. The molecule has 3 rings (SSSR count). The van der Waals surface area contributed by atoms with Crippen LogP contribution in [-0.4, -0.2) is 24.0 Å². The molecule has 0 bridgehead atoms. The summed E-state index contributed by atoms with van der Waals surface area (Å²) in [5.41, 5.74) is 4.01. The Balaban J connectivity index is 1.90. The molecule has 1 fully saturated rings. The monoisotopic (exact) mass is 270 g/mol. The Morgan fingerprint density at radius 2 is 2.20 bits per heavy atom. The maximum atomic E-state index is 11.4. The first kappa shape index (κ1) is 12.8. The number of benzene rings is 1. The third kappa shape index (κ3) is 1.88. The molecule has 1 aromatic carbocycles. The maximum absolute atomic E-state index is 11.4. The van der Waals surface area contributed by atoms with Gasteiger partial charge >= 0.3 is 0 Å². The minimum Gasteiger partial charge on any atom is -0.496 e. The summed E-state index contributed by atoms with van der Waals surface area (Å²) in [4.78, 5) is 13.6. The summed E-state index contributed by atoms with van der Waals surface area (Å²) in [6.45, 7) is 8.93. The minimum atomic E-state index is 0.0474. The summed E-state index contributed by atoms with van der Waals surface area (Å²) in [6, 6.07) is 6.11. The van der Waals surface area contributed by atoms with E-state index in [1.54, 1.807) is 7.11 Å². The topological polar surface area (TPSA) is 41.6 Å². The van der Waals surface area contributed by atoms with Gasteiger partial charge in [-0.15, -0.1) is 0 Å². The number of nitrogens with one attached hydrogen (secondary N) is 1. The van der Waals surface area contributed by atoms with E-state index in [-0.39, 0.29) is 11.9 Å². The van der Waals surface area contributed by atoms with Crippen LogP contribution in [0.15, 0.2) is 37.1 Å². The molecule has 104 valence electrons. The molecule has 4 heteroatoms. The van der Waals surface area contributed by atoms with Gasteiger partial charge in [0.25, 0.3) is 0 Å². The quantitative estimate of drug-likeness (QED) is 0.896. The number of carbonyl (C=O) groups is 1. The van der Waals surface area contributed by atoms with Gasteiger partial charge in [0.1, 0.15) is 5.75 Å². The zero-order chi connectivity index (χ0) is 14.3. The maximum Gasteiger partial charge on any atom is 0.224 e. The van der Waals surface area contributed by atoms with Crippen LogP contribution in [0.5, 0.6) is 5.75 Å². The van der Waals surface area contributed by atoms with E-state index in [4.69, 9.17) is 4.74 Å². The first-order valence-electron chi connectivity index (χ1n) is 6.72. The molecule has 1 N–H and O–H groups in total. The molecule has 1 saturated heterocycles. The van der Waals surface area contributed by atoms with Gasteiger partial charge in [0, 0.05) is 35.5 Å². The van der Waals surface area contributed by atoms with Crippen molar-refractivity contribution >= 4 is 11.6 Å². The van der Waals surface area contributed by atoms with Gasteiger partial charge in [-0.05, 0) is 12.5 Å². The van der Waals surface area contributed by atoms with Crippen LogP contribution < -0.4 is 10.1 Å². The van der Waals surface area contributed by atoms with Crippen molar-refractivity contribution in [1.82, 2.24) is 10.2 Å². The van der Waals surface area contributed by atoms with Gasteiger partial charge in [-0.3, -0.25) is 4.79 Å². The van der Waals surface area contributed by atoms with E-state index in [9.17, 15) is 4.79 Å². The second-order valence-corrected chi connectivity index (χ2v) is 5.19. The number of methoxy groups -OCH3 is 1. The third-order valence-electron chi connectivity index (χ3n) is 4.06. The van der Waals surface area contributed by atoms with Crippen LogP contribution in [0.2, 0.25) is 0 Å². The number of piperidine rings is 1. The van der Waals surface area contributed by atoms with Gasteiger partial charge in [0.15, 0.2) is 0 Å². The summed E-state index contributed by atoms with van der Waals surface area (Å²) < 4.78 is 5.42. The van der Waals surface area contributed by atoms with E-state index in [1.165, 1.54) is 0 Å². The zero-order valence-electron chi connectivity index (χ0n) is 11.6. The van der Waals surface area contributed by atoms with Gasteiger partial charge in [-0.2, -0.15) is 0 Å². The normalized spacial score (nSPS) is 21.8. The average molecular weight is 270 g/mol. The molecular formula is C16H18N2O2. The average Bonchev–Trinajstić information content (AvgIpc) is 2.76. The molecule has 1 amide bonds. The Bertz CT molecular complexity index is 606. The molecule has 1 aromatic rings. The molecule has 2 aliphatic rings. The molecule has 0 aromatic heterocycles. The standard InChI is InChI=1S/C16H18N2O2/c1-10-14(7-8-16(19)17-10)18-9-13-12(11(18)2)5-4-6-15(13)20-3/h4-6,14H,1-2,7-9H2,3H3,(H,17,19). The van der Waals surface area contributed by atoms with Gasteiger partial charge in [0.05, 0.1) is 13.2 Å². The highest BCUT2D eigenvalue weighted by Gasteiger charge is 2.34. The van der Waals surface area contributed by atoms with Crippen molar-refractivity contribution < 1.29 is 9.53 Å². The Morgan fingerprint density at radius 1 is 1.40 bits per heavy atom. The van der Waals surface area contributed by atoms with Crippen LogP contribution in [0, 0.1) is 0 Å². The number of carbonyl (C=O) groups excluding carboxylic acids is 1. The fourth-order valence-corrected chi connectivity index (χ4v) is 3.02. The third-order valence-corrected chi connectivity index (χ3v) is 4.06. The van der Waals surface area contributed by atoms with E-state index < -0.39 is 0 Å². The van der Waals surface area contributed by atoms with Gasteiger partial charge in [-0.25, -0.2) is 0 Å². The molecule has 1 unspecified atom stereocenters. The number of ether oxygens (including phenoxy) is 1. The lowest BCUT2D eigenvalue weighted by Crippen LogP contribution is -2.43. The predicted octanol–water partition coefficient (Wildman–Crippen LogP) is 2.27. The zero-order valence-corrected chi connectivity index (χ0v) is 11.6. The Labute approximate surface area is 118 Å². The van der Waals surface area contributed by atoms with Crippen LogP contribution in [0.1, 0.15) is 24.0 Å². The lowest BCUT2D eigenvalue weighted by molar-refractivity contribution is -0.121. The van der Waals surface area contributed by atoms with E-state index in [0.717, 1.165) is 41.2 Å². The highest BCUT2D eigenvalue weighted by Crippen LogP contribution is 2.40. The Kier molecular flexibility index (Phi) is 3.01. The summed E-state index contributed by atoms with van der Waals surface area (Å²) in [5.74, 6) is 0.933. The number of fused-ring (bicyclic) bond motifs is 1. The van der Waals surface area contributed by atoms with Crippen molar-refractivity contribution in [3.63, 3.8) is 0 Å². The van der Waals surface area contributed by atoms with Crippen LogP contribution in [-0.2, 0) is 11.3 Å². The van der Waals surface area contributed by atoms with Crippen LogP contribution in [0.3, 0.4) is 0 Å². The first-order chi connectivity index (χ1) is 9.61. The van der Waals surface area contributed by atoms with Crippen molar-refractivity contribution in [1.29, 1.82) is 0 Å².